The average Bonchev–Trinajstić information content (AvgIpc) is 2.45. The van der Waals surface area contributed by atoms with Crippen LogP contribution in [-0.2, 0) is 13.1 Å². The zero-order valence-corrected chi connectivity index (χ0v) is 8.16. The molecule has 2 N–H and O–H groups in total. The zero-order valence-electron chi connectivity index (χ0n) is 8.16. The lowest BCUT2D eigenvalue weighted by atomic mass is 9.81. The Labute approximate surface area is 78.9 Å². The van der Waals surface area contributed by atoms with E-state index < -0.39 is 0 Å². The number of rotatable bonds is 3. The normalized spacial score (nSPS) is 17.4. The van der Waals surface area contributed by atoms with Gasteiger partial charge in [-0.1, -0.05) is 6.42 Å². The molecule has 1 heterocycles. The predicted molar refractivity (Wildman–Crippen MR) is 52.4 cm³/mol. The fourth-order valence-corrected chi connectivity index (χ4v) is 2.00. The van der Waals surface area contributed by atoms with Gasteiger partial charge in [0, 0.05) is 30.3 Å². The molecule has 3 heteroatoms. The standard InChI is InChI=1S/C10H17N3/c1-2-13-10(8-4-3-5-8)9(6-11)7-12-13/h7-8H,2-6,11H2,1H3. The molecule has 1 aromatic rings. The summed E-state index contributed by atoms with van der Waals surface area (Å²) in [5.41, 5.74) is 8.32. The Kier molecular flexibility index (Phi) is 2.36. The molecule has 2 rings (SSSR count). The Morgan fingerprint density at radius 1 is 1.62 bits per heavy atom. The molecule has 1 aromatic heterocycles. The van der Waals surface area contributed by atoms with Gasteiger partial charge in [0.1, 0.15) is 0 Å². The smallest absolute Gasteiger partial charge is 0.0537 e. The second-order valence-electron chi connectivity index (χ2n) is 3.70. The molecule has 0 aliphatic heterocycles. The Balaban J connectivity index is 2.31. The lowest BCUT2D eigenvalue weighted by molar-refractivity contribution is 0.388. The summed E-state index contributed by atoms with van der Waals surface area (Å²) in [5.74, 6) is 0.737. The van der Waals surface area contributed by atoms with Crippen LogP contribution in [0.2, 0.25) is 0 Å². The second-order valence-corrected chi connectivity index (χ2v) is 3.70. The summed E-state index contributed by atoms with van der Waals surface area (Å²) in [6, 6.07) is 0. The first kappa shape index (κ1) is 8.75. The number of aromatic nitrogens is 2. The van der Waals surface area contributed by atoms with Crippen molar-refractivity contribution < 1.29 is 0 Å². The Morgan fingerprint density at radius 3 is 2.85 bits per heavy atom. The Morgan fingerprint density at radius 2 is 2.38 bits per heavy atom. The number of hydrogen-bond donors (Lipinski definition) is 1. The number of hydrogen-bond acceptors (Lipinski definition) is 2. The highest BCUT2D eigenvalue weighted by Gasteiger charge is 2.25. The summed E-state index contributed by atoms with van der Waals surface area (Å²) in [6.07, 6.45) is 5.93. The molecular formula is C10H17N3. The fraction of sp³-hybridized carbons (Fsp3) is 0.700. The third-order valence-electron chi connectivity index (χ3n) is 2.97. The highest BCUT2D eigenvalue weighted by atomic mass is 15.3. The number of nitrogens with two attached hydrogens (primary N) is 1. The second kappa shape index (κ2) is 3.50. The lowest BCUT2D eigenvalue weighted by Gasteiger charge is -2.27. The first-order chi connectivity index (χ1) is 6.36. The van der Waals surface area contributed by atoms with Gasteiger partial charge in [0.2, 0.25) is 0 Å². The minimum absolute atomic E-state index is 0.631. The summed E-state index contributed by atoms with van der Waals surface area (Å²) in [7, 11) is 0. The number of aryl methyl sites for hydroxylation is 1. The van der Waals surface area contributed by atoms with Crippen molar-refractivity contribution in [2.24, 2.45) is 5.73 Å². The monoisotopic (exact) mass is 179 g/mol. The minimum Gasteiger partial charge on any atom is -0.326 e. The molecule has 0 bridgehead atoms. The topological polar surface area (TPSA) is 43.8 Å². The first-order valence-electron chi connectivity index (χ1n) is 5.11. The largest absolute Gasteiger partial charge is 0.326 e. The molecule has 1 aliphatic rings. The van der Waals surface area contributed by atoms with E-state index >= 15 is 0 Å². The van der Waals surface area contributed by atoms with Gasteiger partial charge < -0.3 is 5.73 Å². The highest BCUT2D eigenvalue weighted by Crippen LogP contribution is 2.37. The molecule has 13 heavy (non-hydrogen) atoms. The van der Waals surface area contributed by atoms with E-state index in [4.69, 9.17) is 5.73 Å². The SMILES string of the molecule is CCn1ncc(CN)c1C1CCC1. The molecule has 1 saturated carbocycles. The van der Waals surface area contributed by atoms with E-state index in [2.05, 4.69) is 16.7 Å². The van der Waals surface area contributed by atoms with Gasteiger partial charge in [-0.3, -0.25) is 4.68 Å². The molecule has 0 atom stereocenters. The van der Waals surface area contributed by atoms with E-state index in [9.17, 15) is 0 Å². The van der Waals surface area contributed by atoms with Gasteiger partial charge in [0.15, 0.2) is 0 Å². The fourth-order valence-electron chi connectivity index (χ4n) is 2.00. The quantitative estimate of drug-likeness (QED) is 0.766. The molecule has 72 valence electrons. The van der Waals surface area contributed by atoms with Crippen LogP contribution in [0.15, 0.2) is 6.20 Å². The Hall–Kier alpha value is -0.830. The summed E-state index contributed by atoms with van der Waals surface area (Å²) in [6.45, 7) is 3.73. The van der Waals surface area contributed by atoms with Crippen LogP contribution in [-0.4, -0.2) is 9.78 Å². The molecule has 0 amide bonds. The summed E-state index contributed by atoms with van der Waals surface area (Å²) in [5, 5.41) is 4.35. The minimum atomic E-state index is 0.631. The van der Waals surface area contributed by atoms with Crippen molar-refractivity contribution in [2.75, 3.05) is 0 Å². The van der Waals surface area contributed by atoms with Gasteiger partial charge in [-0.15, -0.1) is 0 Å². The summed E-state index contributed by atoms with van der Waals surface area (Å²) in [4.78, 5) is 0. The van der Waals surface area contributed by atoms with Crippen LogP contribution in [0.3, 0.4) is 0 Å². The van der Waals surface area contributed by atoms with Crippen LogP contribution in [0.4, 0.5) is 0 Å². The van der Waals surface area contributed by atoms with E-state index in [1.165, 1.54) is 30.5 Å². The van der Waals surface area contributed by atoms with Crippen LogP contribution in [0.5, 0.6) is 0 Å². The van der Waals surface area contributed by atoms with Crippen LogP contribution in [0.1, 0.15) is 43.4 Å². The molecule has 3 nitrogen and oxygen atoms in total. The van der Waals surface area contributed by atoms with Crippen molar-refractivity contribution in [2.45, 2.75) is 45.2 Å². The molecule has 0 spiro atoms. The molecule has 1 fully saturated rings. The van der Waals surface area contributed by atoms with Gasteiger partial charge in [-0.2, -0.15) is 5.10 Å². The van der Waals surface area contributed by atoms with Gasteiger partial charge >= 0.3 is 0 Å². The molecule has 0 unspecified atom stereocenters. The van der Waals surface area contributed by atoms with Crippen LogP contribution in [0.25, 0.3) is 0 Å². The third kappa shape index (κ3) is 1.37. The third-order valence-corrected chi connectivity index (χ3v) is 2.97. The molecule has 1 aliphatic carbocycles. The maximum absolute atomic E-state index is 5.68. The molecule has 0 aromatic carbocycles. The summed E-state index contributed by atoms with van der Waals surface area (Å²) < 4.78 is 2.10. The van der Waals surface area contributed by atoms with Gasteiger partial charge in [-0.25, -0.2) is 0 Å². The highest BCUT2D eigenvalue weighted by molar-refractivity contribution is 5.23. The lowest BCUT2D eigenvalue weighted by Crippen LogP contribution is -2.17. The first-order valence-corrected chi connectivity index (χ1v) is 5.11. The van der Waals surface area contributed by atoms with Gasteiger partial charge in [-0.05, 0) is 19.8 Å². The van der Waals surface area contributed by atoms with Crippen LogP contribution >= 0.6 is 0 Å². The van der Waals surface area contributed by atoms with E-state index in [-0.39, 0.29) is 0 Å². The van der Waals surface area contributed by atoms with Crippen molar-refractivity contribution in [1.82, 2.24) is 9.78 Å². The summed E-state index contributed by atoms with van der Waals surface area (Å²) >= 11 is 0. The average molecular weight is 179 g/mol. The molecule has 0 radical (unpaired) electrons. The predicted octanol–water partition coefficient (Wildman–Crippen LogP) is 1.63. The Bertz CT molecular complexity index is 265. The maximum Gasteiger partial charge on any atom is 0.0537 e. The maximum atomic E-state index is 5.68. The van der Waals surface area contributed by atoms with E-state index in [0.717, 1.165) is 12.5 Å². The molecule has 0 saturated heterocycles. The van der Waals surface area contributed by atoms with Crippen LogP contribution < -0.4 is 5.73 Å². The van der Waals surface area contributed by atoms with Crippen molar-refractivity contribution in [3.05, 3.63) is 17.5 Å². The van der Waals surface area contributed by atoms with Crippen molar-refractivity contribution >= 4 is 0 Å². The van der Waals surface area contributed by atoms with Gasteiger partial charge in [0.25, 0.3) is 0 Å². The van der Waals surface area contributed by atoms with Gasteiger partial charge in [0.05, 0.1) is 6.20 Å². The van der Waals surface area contributed by atoms with E-state index in [1.807, 2.05) is 6.20 Å². The van der Waals surface area contributed by atoms with Crippen molar-refractivity contribution in [3.63, 3.8) is 0 Å². The van der Waals surface area contributed by atoms with Crippen molar-refractivity contribution in [1.29, 1.82) is 0 Å². The zero-order chi connectivity index (χ0) is 9.26. The van der Waals surface area contributed by atoms with E-state index in [1.54, 1.807) is 0 Å². The molecular weight excluding hydrogens is 162 g/mol. The van der Waals surface area contributed by atoms with E-state index in [0.29, 0.717) is 6.54 Å². The number of nitrogens with zero attached hydrogens (tertiary/aromatic N) is 2. The van der Waals surface area contributed by atoms with Crippen molar-refractivity contribution in [3.8, 4) is 0 Å². The van der Waals surface area contributed by atoms with Crippen LogP contribution in [0, 0.1) is 0 Å².